The minimum Gasteiger partial charge on any atom is -1.00 e. The third-order valence-electron chi connectivity index (χ3n) is 3.04. The van der Waals surface area contributed by atoms with Gasteiger partial charge in [-0.2, -0.15) is 0 Å². The number of benzene rings is 3. The predicted octanol–water partition coefficient (Wildman–Crippen LogP) is 2.60. The second-order valence-electron chi connectivity index (χ2n) is 4.34. The van der Waals surface area contributed by atoms with Gasteiger partial charge in [0.2, 0.25) is 0 Å². The van der Waals surface area contributed by atoms with Crippen molar-refractivity contribution in [3.63, 3.8) is 0 Å². The fourth-order valence-electron chi connectivity index (χ4n) is 2.18. The molecule has 3 aromatic rings. The Morgan fingerprint density at radius 3 is 0.833 bits per heavy atom. The number of hydrogen-bond acceptors (Lipinski definition) is 0. The zero-order chi connectivity index (χ0) is 12.9. The molecule has 0 fully saturated rings. The van der Waals surface area contributed by atoms with Crippen LogP contribution in [0, 0.1) is 0 Å². The first-order valence-electron chi connectivity index (χ1n) is 6.40. The van der Waals surface area contributed by atoms with Crippen molar-refractivity contribution in [1.29, 1.82) is 0 Å². The van der Waals surface area contributed by atoms with E-state index in [1.165, 1.54) is 15.9 Å². The first-order valence-corrected chi connectivity index (χ1v) is 7.74. The summed E-state index contributed by atoms with van der Waals surface area (Å²) in [7, 11) is -0.446. The van der Waals surface area contributed by atoms with E-state index in [0.29, 0.717) is 0 Å². The summed E-state index contributed by atoms with van der Waals surface area (Å²) in [5.74, 6) is 0. The van der Waals surface area contributed by atoms with Gasteiger partial charge in [0, 0.05) is 0 Å². The normalized spacial score (nSPS) is 8.38. The molecular weight excluding hydrogens is 517 g/mol. The summed E-state index contributed by atoms with van der Waals surface area (Å²) in [6.07, 6.45) is 0. The Hall–Kier alpha value is -0.677. The average Bonchev–Trinajstić information content (AvgIpc) is 2.51. The van der Waals surface area contributed by atoms with E-state index in [0.717, 1.165) is 0 Å². The topological polar surface area (TPSA) is 100 Å². The summed E-state index contributed by atoms with van der Waals surface area (Å²) < 4.78 is 0. The largest absolute Gasteiger partial charge is 4.00 e. The molecule has 0 aliphatic rings. The van der Waals surface area contributed by atoms with E-state index in [1.54, 1.807) is 0 Å². The number of hydrogen-bond donors (Lipinski definition) is 0. The minimum atomic E-state index is -0.446. The predicted molar refractivity (Wildman–Crippen MR) is 101 cm³/mol. The standard InChI is InChI=1S/C18H15P.HI.3H2N.Ru/c1-4-10-16(11-5-1)19(17-12-6-2-7-13-17)18-14-8-3-9-15-18;;;;;/h1-15H;1H;3*1H2;/q;;3*-1;+4/p-1. The van der Waals surface area contributed by atoms with Gasteiger partial charge in [0.15, 0.2) is 0 Å². The average molecular weight is 538 g/mol. The molecule has 0 bridgehead atoms. The second-order valence-corrected chi connectivity index (χ2v) is 6.56. The molecule has 0 atom stereocenters. The van der Waals surface area contributed by atoms with Crippen LogP contribution in [0.3, 0.4) is 0 Å². The molecule has 0 aromatic heterocycles. The zero-order valence-electron chi connectivity index (χ0n) is 13.1. The third kappa shape index (κ3) is 7.06. The number of nitrogens with two attached hydrogens (primary N) is 3. The zero-order valence-corrected chi connectivity index (χ0v) is 17.9. The maximum absolute atomic E-state index is 2.23. The van der Waals surface area contributed by atoms with Crippen LogP contribution in [0.15, 0.2) is 91.0 Å². The molecule has 3 rings (SSSR count). The summed E-state index contributed by atoms with van der Waals surface area (Å²) in [6.45, 7) is 0. The maximum atomic E-state index is 2.23. The molecule has 0 spiro atoms. The maximum Gasteiger partial charge on any atom is 4.00 e. The van der Waals surface area contributed by atoms with E-state index in [9.17, 15) is 0 Å². The summed E-state index contributed by atoms with van der Waals surface area (Å²) in [5, 5.41) is 4.19. The van der Waals surface area contributed by atoms with Crippen LogP contribution in [-0.4, -0.2) is 0 Å². The molecule has 0 amide bonds. The van der Waals surface area contributed by atoms with Crippen LogP contribution in [0.25, 0.3) is 18.5 Å². The van der Waals surface area contributed by atoms with Gasteiger partial charge in [0.1, 0.15) is 0 Å². The van der Waals surface area contributed by atoms with Crippen LogP contribution >= 0.6 is 7.92 Å². The summed E-state index contributed by atoms with van der Waals surface area (Å²) in [4.78, 5) is 0. The molecule has 0 saturated heterocycles. The molecule has 0 saturated carbocycles. The molecule has 6 N–H and O–H groups in total. The van der Waals surface area contributed by atoms with Crippen molar-refractivity contribution in [2.75, 3.05) is 0 Å². The van der Waals surface area contributed by atoms with Crippen LogP contribution in [-0.2, 0) is 19.5 Å². The smallest absolute Gasteiger partial charge is 1.00 e. The van der Waals surface area contributed by atoms with Gasteiger partial charge in [-0.3, -0.25) is 0 Å². The molecule has 128 valence electrons. The van der Waals surface area contributed by atoms with Crippen LogP contribution in [0.5, 0.6) is 0 Å². The first kappa shape index (κ1) is 28.1. The van der Waals surface area contributed by atoms with Crippen molar-refractivity contribution in [1.82, 2.24) is 0 Å². The fraction of sp³-hybridized carbons (Fsp3) is 0. The Morgan fingerprint density at radius 2 is 0.625 bits per heavy atom. The van der Waals surface area contributed by atoms with Gasteiger partial charge in [-0.1, -0.05) is 91.0 Å². The summed E-state index contributed by atoms with van der Waals surface area (Å²) in [6, 6.07) is 32.3. The molecule has 0 aliphatic carbocycles. The summed E-state index contributed by atoms with van der Waals surface area (Å²) >= 11 is 0. The van der Waals surface area contributed by atoms with Crippen LogP contribution in [0.1, 0.15) is 0 Å². The van der Waals surface area contributed by atoms with Crippen molar-refractivity contribution < 1.29 is 43.5 Å². The van der Waals surface area contributed by atoms with E-state index >= 15 is 0 Å². The van der Waals surface area contributed by atoms with Gasteiger partial charge in [0.05, 0.1) is 0 Å². The monoisotopic (exact) mass is 539 g/mol. The molecular formula is C18H21IN3PRu. The van der Waals surface area contributed by atoms with Gasteiger partial charge in [-0.15, -0.1) is 0 Å². The van der Waals surface area contributed by atoms with E-state index < -0.39 is 7.92 Å². The molecule has 0 radical (unpaired) electrons. The third-order valence-corrected chi connectivity index (χ3v) is 5.49. The second kappa shape index (κ2) is 14.6. The van der Waals surface area contributed by atoms with E-state index in [1.807, 2.05) is 0 Å². The Labute approximate surface area is 175 Å². The Morgan fingerprint density at radius 1 is 0.417 bits per heavy atom. The quantitative estimate of drug-likeness (QED) is 0.278. The van der Waals surface area contributed by atoms with Gasteiger partial charge in [-0.25, -0.2) is 0 Å². The Balaban J connectivity index is -0.000000882. The van der Waals surface area contributed by atoms with Gasteiger partial charge in [-0.05, 0) is 23.8 Å². The minimum absolute atomic E-state index is 0. The molecule has 0 unspecified atom stereocenters. The van der Waals surface area contributed by atoms with Crippen molar-refractivity contribution in [3.8, 4) is 0 Å². The Kier molecular flexibility index (Phi) is 17.2. The van der Waals surface area contributed by atoms with E-state index in [2.05, 4.69) is 91.0 Å². The van der Waals surface area contributed by atoms with Crippen LogP contribution in [0.4, 0.5) is 0 Å². The van der Waals surface area contributed by atoms with Crippen LogP contribution < -0.4 is 39.9 Å². The Bertz CT molecular complexity index is 548. The molecule has 0 aliphatic heterocycles. The molecule has 3 aromatic carbocycles. The summed E-state index contributed by atoms with van der Waals surface area (Å²) in [5.41, 5.74) is 0. The van der Waals surface area contributed by atoms with Gasteiger partial charge >= 0.3 is 19.5 Å². The number of rotatable bonds is 3. The van der Waals surface area contributed by atoms with Gasteiger partial charge in [0.25, 0.3) is 0 Å². The fourth-order valence-corrected chi connectivity index (χ4v) is 4.48. The molecule has 0 heterocycles. The number of halogens is 1. The van der Waals surface area contributed by atoms with Crippen LogP contribution in [0.2, 0.25) is 0 Å². The van der Waals surface area contributed by atoms with Gasteiger partial charge < -0.3 is 42.4 Å². The molecule has 3 nitrogen and oxygen atoms in total. The van der Waals surface area contributed by atoms with E-state index in [4.69, 9.17) is 0 Å². The van der Waals surface area contributed by atoms with Crippen molar-refractivity contribution in [2.45, 2.75) is 0 Å². The first-order chi connectivity index (χ1) is 9.45. The van der Waals surface area contributed by atoms with E-state index in [-0.39, 0.29) is 61.9 Å². The molecule has 6 heteroatoms. The van der Waals surface area contributed by atoms with Crippen molar-refractivity contribution >= 4 is 23.8 Å². The SMILES string of the molecule is [I-].[NH2-].[NH2-].[NH2-].[Ru+4].c1ccc(P(c2ccccc2)c2ccccc2)cc1. The van der Waals surface area contributed by atoms with Crippen molar-refractivity contribution in [2.24, 2.45) is 0 Å². The molecule has 24 heavy (non-hydrogen) atoms. The van der Waals surface area contributed by atoms with Crippen molar-refractivity contribution in [3.05, 3.63) is 109 Å².